The van der Waals surface area contributed by atoms with Gasteiger partial charge >= 0.3 is 5.76 Å². The summed E-state index contributed by atoms with van der Waals surface area (Å²) in [5.41, 5.74) is 2.78. The summed E-state index contributed by atoms with van der Waals surface area (Å²) in [6.07, 6.45) is -0.725. The Hall–Kier alpha value is -1.37. The summed E-state index contributed by atoms with van der Waals surface area (Å²) in [7, 11) is 0. The van der Waals surface area contributed by atoms with Crippen LogP contribution in [0.5, 0.6) is 0 Å². The van der Waals surface area contributed by atoms with Crippen molar-refractivity contribution in [1.82, 2.24) is 4.57 Å². The number of oxazole rings is 1. The zero-order valence-electron chi connectivity index (χ0n) is 10.7. The molecule has 1 N–H and O–H groups in total. The highest BCUT2D eigenvalue weighted by Gasteiger charge is 2.15. The second kappa shape index (κ2) is 5.20. The fourth-order valence-electron chi connectivity index (χ4n) is 2.21. The van der Waals surface area contributed by atoms with Gasteiger partial charge in [0.15, 0.2) is 5.58 Å². The smallest absolute Gasteiger partial charge is 0.408 e. The molecule has 0 spiro atoms. The van der Waals surface area contributed by atoms with Gasteiger partial charge in [0.2, 0.25) is 0 Å². The largest absolute Gasteiger partial charge is 0.419 e. The molecule has 0 saturated carbocycles. The van der Waals surface area contributed by atoms with E-state index in [0.29, 0.717) is 17.7 Å². The molecular formula is C14H12BrNO3S. The van der Waals surface area contributed by atoms with Crippen LogP contribution >= 0.6 is 27.3 Å². The fourth-order valence-corrected chi connectivity index (χ4v) is 3.41. The fraction of sp³-hybridized carbons (Fsp3) is 0.214. The highest BCUT2D eigenvalue weighted by molar-refractivity contribution is 9.11. The maximum Gasteiger partial charge on any atom is 0.419 e. The molecular weight excluding hydrogens is 342 g/mol. The van der Waals surface area contributed by atoms with Gasteiger partial charge in [0, 0.05) is 6.54 Å². The molecule has 0 aliphatic carbocycles. The first-order valence-electron chi connectivity index (χ1n) is 6.15. The van der Waals surface area contributed by atoms with Crippen LogP contribution in [0.1, 0.15) is 24.2 Å². The van der Waals surface area contributed by atoms with E-state index in [1.54, 1.807) is 10.6 Å². The van der Waals surface area contributed by atoms with E-state index in [4.69, 9.17) is 4.42 Å². The van der Waals surface area contributed by atoms with Crippen molar-refractivity contribution in [2.45, 2.75) is 19.6 Å². The summed E-state index contributed by atoms with van der Waals surface area (Å²) in [5, 5.41) is 12.3. The number of halogens is 1. The molecule has 0 bridgehead atoms. The van der Waals surface area contributed by atoms with E-state index >= 15 is 0 Å². The maximum atomic E-state index is 11.7. The summed E-state index contributed by atoms with van der Waals surface area (Å²) < 4.78 is 7.74. The Bertz CT molecular complexity index is 817. The Morgan fingerprint density at radius 2 is 2.20 bits per heavy atom. The van der Waals surface area contributed by atoms with Gasteiger partial charge in [-0.3, -0.25) is 4.57 Å². The van der Waals surface area contributed by atoms with Crippen LogP contribution in [-0.4, -0.2) is 9.67 Å². The molecule has 1 unspecified atom stereocenters. The number of aliphatic hydroxyl groups excluding tert-OH is 1. The van der Waals surface area contributed by atoms with E-state index in [9.17, 15) is 9.90 Å². The van der Waals surface area contributed by atoms with Crippen LogP contribution in [-0.2, 0) is 6.54 Å². The number of fused-ring (bicyclic) bond motifs is 1. The number of aromatic nitrogens is 1. The van der Waals surface area contributed by atoms with E-state index in [-0.39, 0.29) is 5.76 Å². The maximum absolute atomic E-state index is 11.7. The number of nitrogens with zero attached hydrogens (tertiary/aromatic N) is 1. The lowest BCUT2D eigenvalue weighted by Crippen LogP contribution is -2.11. The summed E-state index contributed by atoms with van der Waals surface area (Å²) in [6, 6.07) is 7.23. The van der Waals surface area contributed by atoms with E-state index in [0.717, 1.165) is 14.9 Å². The van der Waals surface area contributed by atoms with Gasteiger partial charge in [-0.2, -0.15) is 0 Å². The second-order valence-electron chi connectivity index (χ2n) is 4.43. The van der Waals surface area contributed by atoms with Crippen molar-refractivity contribution in [1.29, 1.82) is 0 Å². The zero-order chi connectivity index (χ0) is 14.3. The minimum atomic E-state index is -0.725. The minimum absolute atomic E-state index is 0.368. The van der Waals surface area contributed by atoms with Crippen molar-refractivity contribution in [3.05, 3.63) is 55.1 Å². The molecule has 3 rings (SSSR count). The Labute approximate surface area is 127 Å². The highest BCUT2D eigenvalue weighted by atomic mass is 79.9. The van der Waals surface area contributed by atoms with Crippen LogP contribution in [0.25, 0.3) is 11.1 Å². The van der Waals surface area contributed by atoms with Gasteiger partial charge < -0.3 is 9.52 Å². The van der Waals surface area contributed by atoms with Crippen LogP contribution in [0.3, 0.4) is 0 Å². The third-order valence-corrected chi connectivity index (χ3v) is 4.75. The number of thiophene rings is 1. The molecule has 0 saturated heterocycles. The molecule has 2 heterocycles. The van der Waals surface area contributed by atoms with E-state index < -0.39 is 6.10 Å². The van der Waals surface area contributed by atoms with Crippen molar-refractivity contribution in [3.8, 4) is 0 Å². The molecule has 4 nitrogen and oxygen atoms in total. The van der Waals surface area contributed by atoms with Gasteiger partial charge in [-0.05, 0) is 57.6 Å². The van der Waals surface area contributed by atoms with Gasteiger partial charge in [0.25, 0.3) is 0 Å². The van der Waals surface area contributed by atoms with Crippen LogP contribution in [0.15, 0.2) is 42.6 Å². The lowest BCUT2D eigenvalue weighted by molar-refractivity contribution is 0.221. The summed E-state index contributed by atoms with van der Waals surface area (Å²) >= 11 is 4.90. The first kappa shape index (κ1) is 13.6. The van der Waals surface area contributed by atoms with Crippen molar-refractivity contribution in [2.24, 2.45) is 0 Å². The lowest BCUT2D eigenvalue weighted by atomic mass is 10.0. The van der Waals surface area contributed by atoms with Gasteiger partial charge in [-0.25, -0.2) is 4.79 Å². The number of aliphatic hydroxyl groups is 1. The SMILES string of the molecule is CCn1c(=O)oc2cc(C(O)c3csc(Br)c3)ccc21. The Kier molecular flexibility index (Phi) is 3.54. The number of benzene rings is 1. The lowest BCUT2D eigenvalue weighted by Gasteiger charge is -2.09. The quantitative estimate of drug-likeness (QED) is 0.783. The Morgan fingerprint density at radius 1 is 1.40 bits per heavy atom. The molecule has 20 heavy (non-hydrogen) atoms. The van der Waals surface area contributed by atoms with Gasteiger partial charge in [-0.1, -0.05) is 6.07 Å². The highest BCUT2D eigenvalue weighted by Crippen LogP contribution is 2.30. The molecule has 104 valence electrons. The van der Waals surface area contributed by atoms with Gasteiger partial charge in [-0.15, -0.1) is 11.3 Å². The average Bonchev–Trinajstić information content (AvgIpc) is 2.99. The predicted octanol–water partition coefficient (Wildman–Crippen LogP) is 3.52. The first-order chi connectivity index (χ1) is 9.60. The predicted molar refractivity (Wildman–Crippen MR) is 82.2 cm³/mol. The summed E-state index contributed by atoms with van der Waals surface area (Å²) in [5.74, 6) is -0.368. The van der Waals surface area contributed by atoms with Crippen LogP contribution < -0.4 is 5.76 Å². The molecule has 0 amide bonds. The molecule has 0 aliphatic rings. The Balaban J connectivity index is 2.07. The molecule has 6 heteroatoms. The number of aryl methyl sites for hydroxylation is 1. The molecule has 3 aromatic rings. The van der Waals surface area contributed by atoms with E-state index in [1.165, 1.54) is 11.3 Å². The second-order valence-corrected chi connectivity index (χ2v) is 6.72. The molecule has 1 atom stereocenters. The third-order valence-electron chi connectivity index (χ3n) is 3.23. The van der Waals surface area contributed by atoms with Crippen LogP contribution in [0.2, 0.25) is 0 Å². The van der Waals surface area contributed by atoms with Gasteiger partial charge in [0.1, 0.15) is 6.10 Å². The monoisotopic (exact) mass is 353 g/mol. The number of hydrogen-bond donors (Lipinski definition) is 1. The molecule has 2 aromatic heterocycles. The summed E-state index contributed by atoms with van der Waals surface area (Å²) in [6.45, 7) is 2.45. The standard InChI is InChI=1S/C14H12BrNO3S/c1-2-16-10-4-3-8(5-11(10)19-14(16)18)13(17)9-6-12(15)20-7-9/h3-7,13,17H,2H2,1H3. The normalized spacial score (nSPS) is 12.9. The molecule has 0 radical (unpaired) electrons. The van der Waals surface area contributed by atoms with Crippen molar-refractivity contribution in [2.75, 3.05) is 0 Å². The zero-order valence-corrected chi connectivity index (χ0v) is 13.1. The third kappa shape index (κ3) is 2.24. The summed E-state index contributed by atoms with van der Waals surface area (Å²) in [4.78, 5) is 11.7. The van der Waals surface area contributed by atoms with Crippen molar-refractivity contribution < 1.29 is 9.52 Å². The molecule has 0 aliphatic heterocycles. The topological polar surface area (TPSA) is 55.4 Å². The molecule has 1 aromatic carbocycles. The van der Waals surface area contributed by atoms with Gasteiger partial charge in [0.05, 0.1) is 9.30 Å². The number of rotatable bonds is 3. The Morgan fingerprint density at radius 3 is 2.85 bits per heavy atom. The van der Waals surface area contributed by atoms with Crippen molar-refractivity contribution in [3.63, 3.8) is 0 Å². The van der Waals surface area contributed by atoms with Crippen molar-refractivity contribution >= 4 is 38.4 Å². The first-order valence-corrected chi connectivity index (χ1v) is 7.82. The number of hydrogen-bond acceptors (Lipinski definition) is 4. The molecule has 0 fully saturated rings. The minimum Gasteiger partial charge on any atom is -0.408 e. The average molecular weight is 354 g/mol. The van der Waals surface area contributed by atoms with Crippen LogP contribution in [0.4, 0.5) is 0 Å². The van der Waals surface area contributed by atoms with E-state index in [1.807, 2.05) is 30.5 Å². The van der Waals surface area contributed by atoms with E-state index in [2.05, 4.69) is 15.9 Å². The van der Waals surface area contributed by atoms with Crippen LogP contribution in [0, 0.1) is 0 Å².